The second-order valence-electron chi connectivity index (χ2n) is 7.79. The first-order valence-electron chi connectivity index (χ1n) is 12.1. The Morgan fingerprint density at radius 1 is 1.03 bits per heavy atom. The summed E-state index contributed by atoms with van der Waals surface area (Å²) in [6.07, 6.45) is 19.2. The number of hydrogen-bond donors (Lipinski definition) is 2. The lowest BCUT2D eigenvalue weighted by atomic mass is 9.84. The van der Waals surface area contributed by atoms with Gasteiger partial charge in [-0.15, -0.1) is 0 Å². The van der Waals surface area contributed by atoms with E-state index in [4.69, 9.17) is 0 Å². The molecule has 0 aromatic carbocycles. The van der Waals surface area contributed by atoms with Crippen molar-refractivity contribution < 1.29 is 0 Å². The topological polar surface area (TPSA) is 24.1 Å². The summed E-state index contributed by atoms with van der Waals surface area (Å²) in [7, 11) is 0. The number of rotatable bonds is 11. The fraction of sp³-hybridized carbons (Fsp3) is 0.643. The lowest BCUT2D eigenvalue weighted by molar-refractivity contribution is 0.282. The number of nitrogens with one attached hydrogen (secondary N) is 2. The SMILES string of the molecule is C/C=C\C.C=C/C=C\C(=C/C)C(CNCCN[C@@H](C)C1CCCCC1)C(=C)C.CC. The van der Waals surface area contributed by atoms with Gasteiger partial charge in [-0.25, -0.2) is 0 Å². The molecular formula is C28H52N2. The molecule has 0 saturated heterocycles. The molecule has 1 aliphatic rings. The lowest BCUT2D eigenvalue weighted by Gasteiger charge is -2.28. The van der Waals surface area contributed by atoms with Crippen LogP contribution in [0.5, 0.6) is 0 Å². The molecule has 1 rings (SSSR count). The summed E-state index contributed by atoms with van der Waals surface area (Å²) in [6.45, 7) is 25.4. The Balaban J connectivity index is 0. The van der Waals surface area contributed by atoms with E-state index in [1.165, 1.54) is 43.3 Å². The molecule has 0 aromatic rings. The quantitative estimate of drug-likeness (QED) is 0.205. The van der Waals surface area contributed by atoms with Gasteiger partial charge in [0, 0.05) is 31.6 Å². The summed E-state index contributed by atoms with van der Waals surface area (Å²) in [5.74, 6) is 1.24. The maximum atomic E-state index is 4.16. The number of allylic oxidation sites excluding steroid dienone is 6. The molecule has 0 spiro atoms. The molecule has 2 N–H and O–H groups in total. The van der Waals surface area contributed by atoms with Gasteiger partial charge in [0.05, 0.1) is 0 Å². The zero-order valence-corrected chi connectivity index (χ0v) is 21.3. The molecule has 0 heterocycles. The van der Waals surface area contributed by atoms with Crippen LogP contribution in [0.15, 0.2) is 60.8 Å². The van der Waals surface area contributed by atoms with E-state index in [1.54, 1.807) is 0 Å². The minimum Gasteiger partial charge on any atom is -0.315 e. The first kappa shape index (κ1) is 30.8. The van der Waals surface area contributed by atoms with E-state index in [2.05, 4.69) is 56.7 Å². The highest BCUT2D eigenvalue weighted by Crippen LogP contribution is 2.26. The van der Waals surface area contributed by atoms with Crippen molar-refractivity contribution in [3.05, 3.63) is 60.8 Å². The van der Waals surface area contributed by atoms with E-state index in [0.29, 0.717) is 12.0 Å². The number of hydrogen-bond acceptors (Lipinski definition) is 2. The van der Waals surface area contributed by atoms with E-state index in [9.17, 15) is 0 Å². The van der Waals surface area contributed by atoms with Gasteiger partial charge in [-0.05, 0) is 59.0 Å². The average Bonchev–Trinajstić information content (AvgIpc) is 2.79. The Labute approximate surface area is 189 Å². The van der Waals surface area contributed by atoms with Gasteiger partial charge in [-0.3, -0.25) is 0 Å². The molecule has 2 nitrogen and oxygen atoms in total. The van der Waals surface area contributed by atoms with Crippen molar-refractivity contribution in [1.29, 1.82) is 0 Å². The first-order chi connectivity index (χ1) is 14.5. The van der Waals surface area contributed by atoms with Crippen LogP contribution >= 0.6 is 0 Å². The van der Waals surface area contributed by atoms with Gasteiger partial charge >= 0.3 is 0 Å². The van der Waals surface area contributed by atoms with Crippen molar-refractivity contribution in [2.75, 3.05) is 19.6 Å². The van der Waals surface area contributed by atoms with Gasteiger partial charge in [0.1, 0.15) is 0 Å². The molecular weight excluding hydrogens is 364 g/mol. The van der Waals surface area contributed by atoms with E-state index < -0.39 is 0 Å². The van der Waals surface area contributed by atoms with Crippen molar-refractivity contribution in [2.45, 2.75) is 86.6 Å². The Morgan fingerprint density at radius 3 is 2.10 bits per heavy atom. The van der Waals surface area contributed by atoms with Crippen LogP contribution in [0.4, 0.5) is 0 Å². The Hall–Kier alpha value is -1.38. The summed E-state index contributed by atoms with van der Waals surface area (Å²) >= 11 is 0. The zero-order valence-electron chi connectivity index (χ0n) is 21.3. The van der Waals surface area contributed by atoms with Gasteiger partial charge in [0.15, 0.2) is 0 Å². The second-order valence-corrected chi connectivity index (χ2v) is 7.79. The summed E-state index contributed by atoms with van der Waals surface area (Å²) in [6, 6.07) is 0.644. The van der Waals surface area contributed by atoms with Gasteiger partial charge in [0.25, 0.3) is 0 Å². The van der Waals surface area contributed by atoms with Crippen molar-refractivity contribution in [1.82, 2.24) is 10.6 Å². The summed E-state index contributed by atoms with van der Waals surface area (Å²) < 4.78 is 0. The van der Waals surface area contributed by atoms with E-state index in [1.807, 2.05) is 52.0 Å². The highest BCUT2D eigenvalue weighted by molar-refractivity contribution is 5.29. The molecule has 0 amide bonds. The van der Waals surface area contributed by atoms with Crippen LogP contribution in [-0.4, -0.2) is 25.7 Å². The summed E-state index contributed by atoms with van der Waals surface area (Å²) in [5, 5.41) is 7.30. The highest BCUT2D eigenvalue weighted by Gasteiger charge is 2.19. The summed E-state index contributed by atoms with van der Waals surface area (Å²) in [5.41, 5.74) is 2.51. The lowest BCUT2D eigenvalue weighted by Crippen LogP contribution is -2.39. The molecule has 2 heteroatoms. The van der Waals surface area contributed by atoms with Crippen molar-refractivity contribution in [3.8, 4) is 0 Å². The standard InChI is InChI=1S/C22H38N2.C4H8.C2H6/c1-6-8-12-20(7-2)22(18(3)4)17-23-15-16-24-19(5)21-13-10-9-11-14-21;1-3-4-2;1-2/h6-8,12,19,21-24H,1,3,9-11,13-17H2,2,4-5H3;3-4H,1-2H3;1-2H3/b12-8-,20-7+;4-3-;/t19-,22?;;/m0../s1. The highest BCUT2D eigenvalue weighted by atomic mass is 15.0. The largest absolute Gasteiger partial charge is 0.315 e. The molecule has 0 radical (unpaired) electrons. The molecule has 0 aromatic heterocycles. The van der Waals surface area contributed by atoms with Crippen molar-refractivity contribution in [3.63, 3.8) is 0 Å². The van der Waals surface area contributed by atoms with Crippen LogP contribution in [0.2, 0.25) is 0 Å². The van der Waals surface area contributed by atoms with Gasteiger partial charge < -0.3 is 10.6 Å². The van der Waals surface area contributed by atoms with Crippen LogP contribution in [0, 0.1) is 11.8 Å². The third-order valence-electron chi connectivity index (χ3n) is 5.56. The molecule has 0 aliphatic heterocycles. The predicted molar refractivity (Wildman–Crippen MR) is 140 cm³/mol. The van der Waals surface area contributed by atoms with Gasteiger partial charge in [0.2, 0.25) is 0 Å². The molecule has 30 heavy (non-hydrogen) atoms. The predicted octanol–water partition coefficient (Wildman–Crippen LogP) is 7.62. The molecule has 2 atom stereocenters. The molecule has 174 valence electrons. The Bertz CT molecular complexity index is 489. The summed E-state index contributed by atoms with van der Waals surface area (Å²) in [4.78, 5) is 0. The fourth-order valence-corrected chi connectivity index (χ4v) is 3.60. The van der Waals surface area contributed by atoms with Gasteiger partial charge in [-0.1, -0.05) is 88.3 Å². The average molecular weight is 417 g/mol. The van der Waals surface area contributed by atoms with Crippen LogP contribution < -0.4 is 10.6 Å². The molecule has 0 bridgehead atoms. The monoisotopic (exact) mass is 416 g/mol. The minimum atomic E-state index is 0.363. The van der Waals surface area contributed by atoms with E-state index in [-0.39, 0.29) is 0 Å². The van der Waals surface area contributed by atoms with E-state index >= 15 is 0 Å². The van der Waals surface area contributed by atoms with Crippen LogP contribution in [0.1, 0.15) is 80.6 Å². The van der Waals surface area contributed by atoms with Crippen LogP contribution in [0.3, 0.4) is 0 Å². The zero-order chi connectivity index (χ0) is 23.2. The molecule has 1 unspecified atom stereocenters. The van der Waals surface area contributed by atoms with Crippen molar-refractivity contribution in [2.24, 2.45) is 11.8 Å². The Kier molecular flexibility index (Phi) is 22.9. The maximum Gasteiger partial charge on any atom is 0.0164 e. The Morgan fingerprint density at radius 2 is 1.63 bits per heavy atom. The maximum absolute atomic E-state index is 4.16. The smallest absolute Gasteiger partial charge is 0.0164 e. The first-order valence-corrected chi connectivity index (χ1v) is 12.1. The molecule has 1 aliphatic carbocycles. The molecule has 1 saturated carbocycles. The normalized spacial score (nSPS) is 17.0. The third kappa shape index (κ3) is 15.5. The van der Waals surface area contributed by atoms with Crippen molar-refractivity contribution >= 4 is 0 Å². The van der Waals surface area contributed by atoms with E-state index in [0.717, 1.165) is 25.6 Å². The third-order valence-corrected chi connectivity index (χ3v) is 5.56. The molecule has 1 fully saturated rings. The fourth-order valence-electron chi connectivity index (χ4n) is 3.60. The van der Waals surface area contributed by atoms with Crippen LogP contribution in [0.25, 0.3) is 0 Å². The van der Waals surface area contributed by atoms with Crippen LogP contribution in [-0.2, 0) is 0 Å². The van der Waals surface area contributed by atoms with Gasteiger partial charge in [-0.2, -0.15) is 0 Å². The second kappa shape index (κ2) is 22.3. The minimum absolute atomic E-state index is 0.363.